The van der Waals surface area contributed by atoms with E-state index in [1.54, 1.807) is 4.90 Å². The lowest BCUT2D eigenvalue weighted by molar-refractivity contribution is -0.132. The van der Waals surface area contributed by atoms with Gasteiger partial charge >= 0.3 is 5.97 Å². The minimum atomic E-state index is -1.10. The zero-order valence-corrected chi connectivity index (χ0v) is 13.0. The number of aryl methyl sites for hydroxylation is 1. The maximum absolute atomic E-state index is 11.8. The summed E-state index contributed by atoms with van der Waals surface area (Å²) in [5.74, 6) is -1.34. The maximum atomic E-state index is 11.8. The fraction of sp³-hybridized carbons (Fsp3) is 0.533. The van der Waals surface area contributed by atoms with Gasteiger partial charge in [-0.05, 0) is 13.8 Å². The smallest absolute Gasteiger partial charge is 0.328 e. The number of carbonyl (C=O) groups is 2. The number of aliphatic carboxylic acids is 1. The van der Waals surface area contributed by atoms with E-state index in [0.29, 0.717) is 13.1 Å². The minimum absolute atomic E-state index is 0.239. The monoisotopic (exact) mass is 306 g/mol. The van der Waals surface area contributed by atoms with Gasteiger partial charge in [-0.1, -0.05) is 0 Å². The van der Waals surface area contributed by atoms with Crippen molar-refractivity contribution in [2.24, 2.45) is 0 Å². The number of hydrogen-bond donors (Lipinski definition) is 1. The first-order chi connectivity index (χ1) is 10.5. The second-order valence-corrected chi connectivity index (χ2v) is 5.34. The summed E-state index contributed by atoms with van der Waals surface area (Å²) in [5, 5.41) is 12.9. The molecule has 7 heteroatoms. The van der Waals surface area contributed by atoms with Crippen LogP contribution in [0.4, 0.5) is 0 Å². The standard InChI is InChI=1S/C15H22N4O3/c1-3-19-12(2)13(10-16-19)11-17-6-8-18(9-7-17)14(20)4-5-15(21)22/h4-5,10H,3,6-9,11H2,1-2H3,(H,21,22). The normalized spacial score (nSPS) is 16.4. The number of nitrogens with zero attached hydrogens (tertiary/aromatic N) is 4. The molecule has 7 nitrogen and oxygen atoms in total. The van der Waals surface area contributed by atoms with Crippen LogP contribution in [0.3, 0.4) is 0 Å². The van der Waals surface area contributed by atoms with Crippen LogP contribution in [0.15, 0.2) is 18.3 Å². The first kappa shape index (κ1) is 16.2. The Bertz CT molecular complexity index is 571. The highest BCUT2D eigenvalue weighted by Gasteiger charge is 2.20. The van der Waals surface area contributed by atoms with Crippen LogP contribution in [0, 0.1) is 6.92 Å². The van der Waals surface area contributed by atoms with Crippen LogP contribution in [-0.2, 0) is 22.7 Å². The number of rotatable bonds is 5. The van der Waals surface area contributed by atoms with E-state index in [2.05, 4.69) is 23.8 Å². The molecule has 22 heavy (non-hydrogen) atoms. The van der Waals surface area contributed by atoms with Gasteiger partial charge in [0.2, 0.25) is 5.91 Å². The van der Waals surface area contributed by atoms with Crippen molar-refractivity contribution in [1.82, 2.24) is 19.6 Å². The first-order valence-electron chi connectivity index (χ1n) is 7.44. The Labute approximate surface area is 129 Å². The SMILES string of the molecule is CCn1ncc(CN2CCN(C(=O)C=CC(=O)O)CC2)c1C. The average molecular weight is 306 g/mol. The van der Waals surface area contributed by atoms with Gasteiger partial charge < -0.3 is 10.0 Å². The number of carbonyl (C=O) groups excluding carboxylic acids is 1. The van der Waals surface area contributed by atoms with Gasteiger partial charge in [-0.2, -0.15) is 5.10 Å². The lowest BCUT2D eigenvalue weighted by Crippen LogP contribution is -2.47. The summed E-state index contributed by atoms with van der Waals surface area (Å²) in [7, 11) is 0. The molecule has 1 saturated heterocycles. The molecule has 0 aliphatic carbocycles. The number of aromatic nitrogens is 2. The predicted molar refractivity (Wildman–Crippen MR) is 81.3 cm³/mol. The molecule has 0 unspecified atom stereocenters. The molecule has 1 aromatic rings. The van der Waals surface area contributed by atoms with E-state index in [4.69, 9.17) is 5.11 Å². The Balaban J connectivity index is 1.85. The summed E-state index contributed by atoms with van der Waals surface area (Å²) in [6.45, 7) is 8.63. The minimum Gasteiger partial charge on any atom is -0.478 e. The molecule has 120 valence electrons. The lowest BCUT2D eigenvalue weighted by atomic mass is 10.2. The van der Waals surface area contributed by atoms with Gasteiger partial charge in [0.15, 0.2) is 0 Å². The Hall–Kier alpha value is -2.15. The van der Waals surface area contributed by atoms with E-state index in [1.165, 1.54) is 11.3 Å². The number of amides is 1. The Morgan fingerprint density at radius 1 is 1.27 bits per heavy atom. The molecule has 1 N–H and O–H groups in total. The van der Waals surface area contributed by atoms with Crippen molar-refractivity contribution in [3.63, 3.8) is 0 Å². The fourth-order valence-electron chi connectivity index (χ4n) is 2.57. The van der Waals surface area contributed by atoms with Gasteiger partial charge in [0, 0.05) is 62.7 Å². The van der Waals surface area contributed by atoms with Crippen LogP contribution in [0.2, 0.25) is 0 Å². The molecule has 0 spiro atoms. The fourth-order valence-corrected chi connectivity index (χ4v) is 2.57. The van der Waals surface area contributed by atoms with Crippen molar-refractivity contribution in [3.05, 3.63) is 29.6 Å². The van der Waals surface area contributed by atoms with Crippen molar-refractivity contribution in [3.8, 4) is 0 Å². The van der Waals surface area contributed by atoms with Crippen LogP contribution in [0.5, 0.6) is 0 Å². The van der Waals surface area contributed by atoms with Crippen LogP contribution < -0.4 is 0 Å². The van der Waals surface area contributed by atoms with Gasteiger partial charge in [0.05, 0.1) is 6.20 Å². The van der Waals surface area contributed by atoms with Crippen LogP contribution >= 0.6 is 0 Å². The molecule has 0 aromatic carbocycles. The molecular weight excluding hydrogens is 284 g/mol. The highest BCUT2D eigenvalue weighted by atomic mass is 16.4. The number of piperazine rings is 1. The third-order valence-electron chi connectivity index (χ3n) is 3.95. The van der Waals surface area contributed by atoms with Gasteiger partial charge in [0.25, 0.3) is 0 Å². The summed E-state index contributed by atoms with van der Waals surface area (Å²) in [4.78, 5) is 26.2. The first-order valence-corrected chi connectivity index (χ1v) is 7.44. The highest BCUT2D eigenvalue weighted by Crippen LogP contribution is 2.12. The maximum Gasteiger partial charge on any atom is 0.328 e. The van der Waals surface area contributed by atoms with Crippen molar-refractivity contribution in [2.45, 2.75) is 26.9 Å². The molecule has 1 fully saturated rings. The van der Waals surface area contributed by atoms with Crippen molar-refractivity contribution >= 4 is 11.9 Å². The molecule has 0 saturated carbocycles. The van der Waals surface area contributed by atoms with Crippen molar-refractivity contribution in [2.75, 3.05) is 26.2 Å². The Kier molecular flexibility index (Phi) is 5.32. The van der Waals surface area contributed by atoms with Crippen LogP contribution in [-0.4, -0.2) is 62.7 Å². The molecule has 0 bridgehead atoms. The van der Waals surface area contributed by atoms with E-state index < -0.39 is 5.97 Å². The number of hydrogen-bond acceptors (Lipinski definition) is 4. The van der Waals surface area contributed by atoms with Gasteiger partial charge in [-0.3, -0.25) is 14.4 Å². The molecule has 1 aromatic heterocycles. The zero-order valence-electron chi connectivity index (χ0n) is 13.0. The van der Waals surface area contributed by atoms with Gasteiger partial charge in [-0.25, -0.2) is 4.79 Å². The summed E-state index contributed by atoms with van der Waals surface area (Å²) < 4.78 is 1.98. The summed E-state index contributed by atoms with van der Waals surface area (Å²) in [6.07, 6.45) is 3.91. The van der Waals surface area contributed by atoms with Crippen LogP contribution in [0.1, 0.15) is 18.2 Å². The molecule has 2 heterocycles. The van der Waals surface area contributed by atoms with Crippen LogP contribution in [0.25, 0.3) is 0 Å². The van der Waals surface area contributed by atoms with E-state index in [1.807, 2.05) is 10.9 Å². The third-order valence-corrected chi connectivity index (χ3v) is 3.95. The molecule has 0 atom stereocenters. The summed E-state index contributed by atoms with van der Waals surface area (Å²) in [5.41, 5.74) is 2.40. The van der Waals surface area contributed by atoms with E-state index >= 15 is 0 Å². The molecule has 2 rings (SSSR count). The topological polar surface area (TPSA) is 78.7 Å². The van der Waals surface area contributed by atoms with Gasteiger partial charge in [0.1, 0.15) is 0 Å². The molecule has 0 radical (unpaired) electrons. The summed E-state index contributed by atoms with van der Waals surface area (Å²) in [6, 6.07) is 0. The molecular formula is C15H22N4O3. The Morgan fingerprint density at radius 2 is 1.95 bits per heavy atom. The van der Waals surface area contributed by atoms with Crippen molar-refractivity contribution < 1.29 is 14.7 Å². The zero-order chi connectivity index (χ0) is 16.1. The largest absolute Gasteiger partial charge is 0.478 e. The van der Waals surface area contributed by atoms with E-state index in [-0.39, 0.29) is 5.91 Å². The Morgan fingerprint density at radius 3 is 2.50 bits per heavy atom. The van der Waals surface area contributed by atoms with Gasteiger partial charge in [-0.15, -0.1) is 0 Å². The van der Waals surface area contributed by atoms with E-state index in [0.717, 1.165) is 38.3 Å². The second-order valence-electron chi connectivity index (χ2n) is 5.34. The lowest BCUT2D eigenvalue weighted by Gasteiger charge is -2.34. The quantitative estimate of drug-likeness (QED) is 0.801. The number of carboxylic acid groups (broad SMARTS) is 1. The molecule has 1 amide bonds. The third kappa shape index (κ3) is 3.94. The summed E-state index contributed by atoms with van der Waals surface area (Å²) >= 11 is 0. The van der Waals surface area contributed by atoms with Crippen molar-refractivity contribution in [1.29, 1.82) is 0 Å². The average Bonchev–Trinajstić information content (AvgIpc) is 2.86. The molecule has 1 aliphatic rings. The second kappa shape index (κ2) is 7.22. The number of carboxylic acids is 1. The molecule has 1 aliphatic heterocycles. The highest BCUT2D eigenvalue weighted by molar-refractivity contribution is 5.93. The van der Waals surface area contributed by atoms with E-state index in [9.17, 15) is 9.59 Å². The predicted octanol–water partition coefficient (Wildman–Crippen LogP) is 0.496.